The molecule has 2 N–H and O–H groups in total. The van der Waals surface area contributed by atoms with E-state index in [1.807, 2.05) is 18.2 Å². The van der Waals surface area contributed by atoms with Crippen LogP contribution in [0.15, 0.2) is 59.4 Å². The highest BCUT2D eigenvalue weighted by molar-refractivity contribution is 7.99. The lowest BCUT2D eigenvalue weighted by molar-refractivity contribution is -0.118. The second kappa shape index (κ2) is 8.93. The van der Waals surface area contributed by atoms with Crippen LogP contribution in [0.3, 0.4) is 0 Å². The molecule has 3 aromatic rings. The summed E-state index contributed by atoms with van der Waals surface area (Å²) in [4.78, 5) is 19.7. The first-order valence-corrected chi connectivity index (χ1v) is 10.3. The Hall–Kier alpha value is -3.14. The number of carbonyl (C=O) groups is 1. The number of carbonyl (C=O) groups excluding carboxylic acids is 1. The van der Waals surface area contributed by atoms with Crippen molar-refractivity contribution in [2.75, 3.05) is 5.75 Å². The number of nitrogens with one attached hydrogen (secondary N) is 2. The molecule has 3 rings (SSSR count). The number of fused-ring (bicyclic) bond motifs is 3. The molecular formula is C21H20F3N5OS. The van der Waals surface area contributed by atoms with Crippen LogP contribution in [-0.2, 0) is 11.2 Å². The minimum atomic E-state index is -4.67. The summed E-state index contributed by atoms with van der Waals surface area (Å²) in [6.45, 7) is 10.1. The molecule has 1 aromatic carbocycles. The Morgan fingerprint density at radius 1 is 1.29 bits per heavy atom. The highest BCUT2D eigenvalue weighted by Crippen LogP contribution is 2.29. The van der Waals surface area contributed by atoms with Crippen LogP contribution >= 0.6 is 11.8 Å². The fourth-order valence-electron chi connectivity index (χ4n) is 2.80. The standard InChI is InChI=1S/C21H20F3N5OS/c1-5-13-6-7-15-14(9-13)18-19(26-15)27-20(29-28-18)31-10-17(30)25-16(8-11(2)3)12(4)21(22,23)24/h6-9H,2,4-5,10H2,1,3H3,(H,25,30)(H,26,27,29)/b16-8+. The van der Waals surface area contributed by atoms with Gasteiger partial charge in [0.15, 0.2) is 5.65 Å². The molecule has 0 unspecified atom stereocenters. The molecule has 2 aromatic heterocycles. The summed E-state index contributed by atoms with van der Waals surface area (Å²) in [7, 11) is 0. The van der Waals surface area contributed by atoms with E-state index in [1.54, 1.807) is 0 Å². The van der Waals surface area contributed by atoms with Gasteiger partial charge in [0.25, 0.3) is 0 Å². The Balaban J connectivity index is 1.73. The first kappa shape index (κ1) is 22.5. The second-order valence-electron chi connectivity index (χ2n) is 6.87. The molecule has 2 heterocycles. The van der Waals surface area contributed by atoms with Crippen LogP contribution in [0, 0.1) is 0 Å². The molecule has 0 fully saturated rings. The van der Waals surface area contributed by atoms with E-state index < -0.39 is 23.4 Å². The van der Waals surface area contributed by atoms with E-state index in [0.29, 0.717) is 16.7 Å². The Bertz CT molecular complexity index is 1210. The Kier molecular flexibility index (Phi) is 6.49. The van der Waals surface area contributed by atoms with E-state index >= 15 is 0 Å². The molecule has 0 saturated heterocycles. The van der Waals surface area contributed by atoms with Crippen molar-refractivity contribution in [2.45, 2.75) is 31.6 Å². The van der Waals surface area contributed by atoms with E-state index in [9.17, 15) is 18.0 Å². The number of hydrogen-bond acceptors (Lipinski definition) is 5. The van der Waals surface area contributed by atoms with E-state index in [0.717, 1.165) is 40.7 Å². The van der Waals surface area contributed by atoms with Gasteiger partial charge in [0.05, 0.1) is 17.0 Å². The van der Waals surface area contributed by atoms with E-state index in [2.05, 4.69) is 45.6 Å². The van der Waals surface area contributed by atoms with Gasteiger partial charge in [-0.15, -0.1) is 10.2 Å². The number of hydrogen-bond donors (Lipinski definition) is 2. The Morgan fingerprint density at radius 3 is 2.68 bits per heavy atom. The number of rotatable bonds is 7. The number of alkyl halides is 3. The van der Waals surface area contributed by atoms with Crippen molar-refractivity contribution in [3.05, 3.63) is 59.8 Å². The first-order valence-electron chi connectivity index (χ1n) is 9.30. The van der Waals surface area contributed by atoms with Gasteiger partial charge in [-0.25, -0.2) is 4.98 Å². The summed E-state index contributed by atoms with van der Waals surface area (Å²) in [6.07, 6.45) is -2.67. The molecule has 0 atom stereocenters. The van der Waals surface area contributed by atoms with Gasteiger partial charge in [-0.05, 0) is 37.1 Å². The minimum absolute atomic E-state index is 0.202. The van der Waals surface area contributed by atoms with Crippen molar-refractivity contribution >= 4 is 39.7 Å². The largest absolute Gasteiger partial charge is 0.417 e. The third kappa shape index (κ3) is 5.32. The maximum absolute atomic E-state index is 13.0. The number of benzene rings is 1. The van der Waals surface area contributed by atoms with Crippen molar-refractivity contribution in [3.8, 4) is 0 Å². The molecular weight excluding hydrogens is 427 g/mol. The molecule has 162 valence electrons. The smallest absolute Gasteiger partial charge is 0.338 e. The van der Waals surface area contributed by atoms with E-state index in [4.69, 9.17) is 0 Å². The van der Waals surface area contributed by atoms with Crippen LogP contribution in [-0.4, -0.2) is 38.0 Å². The summed E-state index contributed by atoms with van der Waals surface area (Å²) in [5.41, 5.74) is 1.91. The highest BCUT2D eigenvalue weighted by atomic mass is 32.2. The zero-order valence-electron chi connectivity index (χ0n) is 16.9. The average Bonchev–Trinajstić information content (AvgIpc) is 3.07. The summed E-state index contributed by atoms with van der Waals surface area (Å²) in [6, 6.07) is 5.98. The minimum Gasteiger partial charge on any atom is -0.338 e. The number of aryl methyl sites for hydroxylation is 1. The maximum atomic E-state index is 13.0. The molecule has 0 bridgehead atoms. The first-order chi connectivity index (χ1) is 14.6. The van der Waals surface area contributed by atoms with E-state index in [-0.39, 0.29) is 10.9 Å². The number of halogens is 3. The van der Waals surface area contributed by atoms with Crippen molar-refractivity contribution < 1.29 is 18.0 Å². The predicted molar refractivity (Wildman–Crippen MR) is 116 cm³/mol. The number of aromatic amines is 1. The number of allylic oxidation sites excluding steroid dienone is 3. The summed E-state index contributed by atoms with van der Waals surface area (Å²) >= 11 is 0.964. The molecule has 0 spiro atoms. The van der Waals surface area contributed by atoms with Gasteiger partial charge in [-0.1, -0.05) is 43.5 Å². The lowest BCUT2D eigenvalue weighted by Crippen LogP contribution is -2.29. The third-order valence-corrected chi connectivity index (χ3v) is 5.17. The topological polar surface area (TPSA) is 83.6 Å². The third-order valence-electron chi connectivity index (χ3n) is 4.33. The van der Waals surface area contributed by atoms with Gasteiger partial charge < -0.3 is 10.3 Å². The molecule has 0 aliphatic rings. The van der Waals surface area contributed by atoms with Crippen molar-refractivity contribution in [1.82, 2.24) is 25.5 Å². The van der Waals surface area contributed by atoms with Crippen LogP contribution in [0.5, 0.6) is 0 Å². The maximum Gasteiger partial charge on any atom is 0.417 e. The molecule has 31 heavy (non-hydrogen) atoms. The van der Waals surface area contributed by atoms with Gasteiger partial charge in [-0.2, -0.15) is 13.2 Å². The molecule has 0 aliphatic heterocycles. The average molecular weight is 447 g/mol. The zero-order valence-corrected chi connectivity index (χ0v) is 17.7. The van der Waals surface area contributed by atoms with Gasteiger partial charge in [0.1, 0.15) is 5.52 Å². The lowest BCUT2D eigenvalue weighted by Gasteiger charge is -2.15. The molecule has 1 amide bonds. The number of H-pyrrole nitrogens is 1. The van der Waals surface area contributed by atoms with E-state index in [1.165, 1.54) is 6.92 Å². The fourth-order valence-corrected chi connectivity index (χ4v) is 3.39. The van der Waals surface area contributed by atoms with Crippen LogP contribution < -0.4 is 5.32 Å². The van der Waals surface area contributed by atoms with Crippen LogP contribution in [0.2, 0.25) is 0 Å². The lowest BCUT2D eigenvalue weighted by atomic mass is 10.1. The summed E-state index contributed by atoms with van der Waals surface area (Å²) in [5.74, 6) is -0.859. The van der Waals surface area contributed by atoms with Gasteiger partial charge in [0, 0.05) is 10.9 Å². The van der Waals surface area contributed by atoms with Gasteiger partial charge in [-0.3, -0.25) is 4.79 Å². The molecule has 0 aliphatic carbocycles. The molecule has 6 nitrogen and oxygen atoms in total. The SMILES string of the molecule is C=C(C)/C=C(/NC(=O)CSc1nnc2c(n1)[nH]c1ccc(CC)cc12)C(=C)C(F)(F)F. The zero-order chi connectivity index (χ0) is 22.8. The van der Waals surface area contributed by atoms with Crippen molar-refractivity contribution in [2.24, 2.45) is 0 Å². The molecule has 0 radical (unpaired) electrons. The normalized spacial score (nSPS) is 12.4. The fraction of sp³-hybridized carbons (Fsp3) is 0.238. The monoisotopic (exact) mass is 447 g/mol. The number of amides is 1. The summed E-state index contributed by atoms with van der Waals surface area (Å²) < 4.78 is 38.9. The van der Waals surface area contributed by atoms with Crippen LogP contribution in [0.4, 0.5) is 13.2 Å². The summed E-state index contributed by atoms with van der Waals surface area (Å²) in [5, 5.41) is 11.6. The number of thioether (sulfide) groups is 1. The van der Waals surface area contributed by atoms with Gasteiger partial charge >= 0.3 is 6.18 Å². The molecule has 0 saturated carbocycles. The van der Waals surface area contributed by atoms with Crippen molar-refractivity contribution in [1.29, 1.82) is 0 Å². The molecule has 10 heteroatoms. The Morgan fingerprint density at radius 2 is 2.03 bits per heavy atom. The van der Waals surface area contributed by atoms with Crippen LogP contribution in [0.1, 0.15) is 19.4 Å². The highest BCUT2D eigenvalue weighted by Gasteiger charge is 2.34. The van der Waals surface area contributed by atoms with Crippen molar-refractivity contribution in [3.63, 3.8) is 0 Å². The second-order valence-corrected chi connectivity index (χ2v) is 7.81. The number of aromatic nitrogens is 4. The Labute approximate surface area is 180 Å². The predicted octanol–water partition coefficient (Wildman–Crippen LogP) is 4.86. The van der Waals surface area contributed by atoms with Gasteiger partial charge in [0.2, 0.25) is 11.1 Å². The van der Waals surface area contributed by atoms with Crippen LogP contribution in [0.25, 0.3) is 22.1 Å². The quantitative estimate of drug-likeness (QED) is 0.399. The number of nitrogens with zero attached hydrogens (tertiary/aromatic N) is 3.